The third-order valence-electron chi connectivity index (χ3n) is 1.96. The molecule has 0 spiro atoms. The van der Waals surface area contributed by atoms with Gasteiger partial charge in [-0.1, -0.05) is 60.1 Å². The summed E-state index contributed by atoms with van der Waals surface area (Å²) in [6.45, 7) is 7.02. The highest BCUT2D eigenvalue weighted by atomic mass is 33.1. The lowest BCUT2D eigenvalue weighted by atomic mass is 10.4. The molecule has 0 saturated heterocycles. The fourth-order valence-corrected chi connectivity index (χ4v) is 3.40. The van der Waals surface area contributed by atoms with Gasteiger partial charge in [-0.15, -0.1) is 0 Å². The van der Waals surface area contributed by atoms with Crippen LogP contribution < -0.4 is 0 Å². The van der Waals surface area contributed by atoms with Crippen molar-refractivity contribution in [1.29, 1.82) is 0 Å². The number of benzene rings is 1. The van der Waals surface area contributed by atoms with Crippen molar-refractivity contribution in [1.82, 2.24) is 0 Å². The van der Waals surface area contributed by atoms with Crippen molar-refractivity contribution in [2.45, 2.75) is 45.1 Å². The Morgan fingerprint density at radius 2 is 1.68 bits per heavy atom. The number of carbonyl (C=O) groups is 2. The molecule has 1 rings (SSSR count). The summed E-state index contributed by atoms with van der Waals surface area (Å²) in [5.74, 6) is -0.188. The van der Waals surface area contributed by atoms with Gasteiger partial charge in [0.25, 0.3) is 0 Å². The maximum Gasteiger partial charge on any atom is 0.303 e. The monoisotopic (exact) mass is 344 g/mol. The summed E-state index contributed by atoms with van der Waals surface area (Å²) in [5, 5.41) is 0. The summed E-state index contributed by atoms with van der Waals surface area (Å²) in [4.78, 5) is 22.8. The van der Waals surface area contributed by atoms with Gasteiger partial charge in [-0.05, 0) is 12.1 Å². The van der Waals surface area contributed by atoms with Crippen LogP contribution in [-0.2, 0) is 19.1 Å². The van der Waals surface area contributed by atoms with Gasteiger partial charge in [-0.2, -0.15) is 0 Å². The molecule has 0 aromatic heterocycles. The number of rotatable bonds is 7. The fourth-order valence-electron chi connectivity index (χ4n) is 1.22. The van der Waals surface area contributed by atoms with E-state index >= 15 is 0 Å². The highest BCUT2D eigenvalue weighted by molar-refractivity contribution is 8.76. The van der Waals surface area contributed by atoms with E-state index in [1.165, 1.54) is 20.3 Å². The molecule has 0 aliphatic carbocycles. The van der Waals surface area contributed by atoms with E-state index in [1.54, 1.807) is 21.6 Å². The van der Waals surface area contributed by atoms with E-state index in [2.05, 4.69) is 13.8 Å². The number of carbonyl (C=O) groups excluding carboxylic acids is 2. The molecule has 4 nitrogen and oxygen atoms in total. The summed E-state index contributed by atoms with van der Waals surface area (Å²) in [6, 6.07) is 9.89. The molecule has 0 aliphatic heterocycles. The van der Waals surface area contributed by atoms with Gasteiger partial charge in [0.05, 0.1) is 0 Å². The van der Waals surface area contributed by atoms with Crippen molar-refractivity contribution >= 4 is 33.5 Å². The highest BCUT2D eigenvalue weighted by Gasteiger charge is 2.14. The van der Waals surface area contributed by atoms with Gasteiger partial charge in [0.1, 0.15) is 12.7 Å². The molecule has 0 fully saturated rings. The van der Waals surface area contributed by atoms with Gasteiger partial charge in [-0.25, -0.2) is 0 Å². The van der Waals surface area contributed by atoms with Crippen LogP contribution in [0.15, 0.2) is 35.2 Å². The molecule has 1 aromatic rings. The molecule has 0 heterocycles. The Bertz CT molecular complexity index is 423. The van der Waals surface area contributed by atoms with E-state index in [1.807, 2.05) is 30.3 Å². The number of hydrogen-bond acceptors (Lipinski definition) is 6. The zero-order valence-corrected chi connectivity index (χ0v) is 15.2. The molecule has 1 atom stereocenters. The van der Waals surface area contributed by atoms with Crippen molar-refractivity contribution in [2.24, 2.45) is 0 Å². The molecule has 22 heavy (non-hydrogen) atoms. The van der Waals surface area contributed by atoms with Crippen molar-refractivity contribution in [2.75, 3.05) is 12.4 Å². The van der Waals surface area contributed by atoms with Gasteiger partial charge >= 0.3 is 11.9 Å². The molecule has 0 bridgehead atoms. The third kappa shape index (κ3) is 12.6. The van der Waals surface area contributed by atoms with Gasteiger partial charge in [-0.3, -0.25) is 9.59 Å². The Balaban J connectivity index is 0.00000135. The van der Waals surface area contributed by atoms with Crippen LogP contribution in [0.3, 0.4) is 0 Å². The van der Waals surface area contributed by atoms with Crippen molar-refractivity contribution in [3.63, 3.8) is 0 Å². The van der Waals surface area contributed by atoms with Crippen molar-refractivity contribution in [3.05, 3.63) is 30.3 Å². The second-order valence-corrected chi connectivity index (χ2v) is 6.84. The summed E-state index contributed by atoms with van der Waals surface area (Å²) in [5.41, 5.74) is 0. The average molecular weight is 344 g/mol. The molecule has 0 N–H and O–H groups in total. The normalized spacial score (nSPS) is 10.9. The topological polar surface area (TPSA) is 52.6 Å². The molecule has 0 amide bonds. The first kappa shape index (κ1) is 20.9. The summed E-state index contributed by atoms with van der Waals surface area (Å²) in [6.07, 6.45) is 0.836. The lowest BCUT2D eigenvalue weighted by molar-refractivity contribution is -0.154. The molecule has 124 valence electrons. The predicted octanol–water partition coefficient (Wildman–Crippen LogP) is 4.34. The summed E-state index contributed by atoms with van der Waals surface area (Å²) < 4.78 is 9.96. The van der Waals surface area contributed by atoms with Crippen LogP contribution in [0, 0.1) is 0 Å². The van der Waals surface area contributed by atoms with Gasteiger partial charge in [0.2, 0.25) is 0 Å². The molecule has 6 heteroatoms. The van der Waals surface area contributed by atoms with Crippen LogP contribution in [-0.4, -0.2) is 30.4 Å². The smallest absolute Gasteiger partial charge is 0.303 e. The standard InChI is InChI=1S/C13H16O4S2.C3H8/c1-10(14)16-8-12(17-11(2)15)9-18-19-13-6-4-3-5-7-13;1-3-2/h3-7,12H,8-9H2,1-2H3;3H2,1-2H3. The minimum Gasteiger partial charge on any atom is -0.462 e. The fraction of sp³-hybridized carbons (Fsp3) is 0.500. The van der Waals surface area contributed by atoms with Gasteiger partial charge < -0.3 is 9.47 Å². The minimum atomic E-state index is -0.414. The second-order valence-electron chi connectivity index (χ2n) is 4.42. The van der Waals surface area contributed by atoms with E-state index in [0.717, 1.165) is 4.90 Å². The van der Waals surface area contributed by atoms with Crippen molar-refractivity contribution in [3.8, 4) is 0 Å². The van der Waals surface area contributed by atoms with Gasteiger partial charge in [0.15, 0.2) is 0 Å². The molecular weight excluding hydrogens is 320 g/mol. The van der Waals surface area contributed by atoms with Crippen LogP contribution in [0.4, 0.5) is 0 Å². The van der Waals surface area contributed by atoms with Crippen LogP contribution >= 0.6 is 21.6 Å². The molecule has 1 unspecified atom stereocenters. The van der Waals surface area contributed by atoms with Crippen LogP contribution in [0.5, 0.6) is 0 Å². The van der Waals surface area contributed by atoms with Gasteiger partial charge in [0, 0.05) is 24.5 Å². The average Bonchev–Trinajstić information content (AvgIpc) is 2.46. The largest absolute Gasteiger partial charge is 0.462 e. The summed E-state index contributed by atoms with van der Waals surface area (Å²) >= 11 is 0. The quantitative estimate of drug-likeness (QED) is 0.542. The Hall–Kier alpha value is -1.14. The predicted molar refractivity (Wildman–Crippen MR) is 92.9 cm³/mol. The molecule has 0 aliphatic rings. The number of ether oxygens (including phenoxy) is 2. The SMILES string of the molecule is CC(=O)OCC(CSSc1ccccc1)OC(C)=O.CCC. The van der Waals surface area contributed by atoms with Crippen LogP contribution in [0.1, 0.15) is 34.1 Å². The molecular formula is C16H24O4S2. The third-order valence-corrected chi connectivity index (χ3v) is 4.39. The molecule has 1 aromatic carbocycles. The van der Waals surface area contributed by atoms with E-state index in [0.29, 0.717) is 5.75 Å². The van der Waals surface area contributed by atoms with Crippen LogP contribution in [0.2, 0.25) is 0 Å². The summed E-state index contributed by atoms with van der Waals surface area (Å²) in [7, 11) is 3.15. The highest BCUT2D eigenvalue weighted by Crippen LogP contribution is 2.31. The molecule has 0 saturated carbocycles. The zero-order valence-electron chi connectivity index (χ0n) is 13.5. The second kappa shape index (κ2) is 13.5. The van der Waals surface area contributed by atoms with E-state index < -0.39 is 6.10 Å². The Morgan fingerprint density at radius 1 is 1.09 bits per heavy atom. The van der Waals surface area contributed by atoms with E-state index in [9.17, 15) is 9.59 Å². The Kier molecular flexibility index (Phi) is 12.8. The first-order valence-electron chi connectivity index (χ1n) is 7.14. The zero-order chi connectivity index (χ0) is 16.8. The van der Waals surface area contributed by atoms with Crippen molar-refractivity contribution < 1.29 is 19.1 Å². The number of hydrogen-bond donors (Lipinski definition) is 0. The lowest BCUT2D eigenvalue weighted by Crippen LogP contribution is -2.25. The maximum absolute atomic E-state index is 11.0. The first-order valence-corrected chi connectivity index (χ1v) is 9.46. The Morgan fingerprint density at radius 3 is 2.18 bits per heavy atom. The Labute approximate surface area is 140 Å². The van der Waals surface area contributed by atoms with E-state index in [4.69, 9.17) is 9.47 Å². The van der Waals surface area contributed by atoms with Crippen LogP contribution in [0.25, 0.3) is 0 Å². The minimum absolute atomic E-state index is 0.0945. The maximum atomic E-state index is 11.0. The molecule has 0 radical (unpaired) electrons. The first-order chi connectivity index (χ1) is 10.5. The van der Waals surface area contributed by atoms with E-state index in [-0.39, 0.29) is 18.5 Å². The lowest BCUT2D eigenvalue weighted by Gasteiger charge is -2.15. The number of esters is 2.